The average molecular weight is 330 g/mol. The van der Waals surface area contributed by atoms with E-state index in [-0.39, 0.29) is 17.8 Å². The molecule has 3 rings (SSSR count). The summed E-state index contributed by atoms with van der Waals surface area (Å²) in [5.74, 6) is 1.32. The van der Waals surface area contributed by atoms with Crippen molar-refractivity contribution in [2.24, 2.45) is 0 Å². The molecular weight excluding hydrogens is 307 g/mol. The minimum absolute atomic E-state index is 0.127. The van der Waals surface area contributed by atoms with Gasteiger partial charge in [0.2, 0.25) is 5.95 Å². The Hall–Kier alpha value is -2.37. The highest BCUT2D eigenvalue weighted by atomic mass is 19.1. The van der Waals surface area contributed by atoms with Crippen LogP contribution in [0.25, 0.3) is 0 Å². The van der Waals surface area contributed by atoms with Crippen LogP contribution < -0.4 is 15.4 Å². The molecule has 2 heterocycles. The highest BCUT2D eigenvalue weighted by molar-refractivity contribution is 5.49. The minimum atomic E-state index is -0.245. The average Bonchev–Trinajstić information content (AvgIpc) is 2.79. The molecule has 6 heteroatoms. The number of aryl methyl sites for hydroxylation is 1. The standard InChI is InChI=1S/C18H23FN4O/c1-12-11-16(22-18(20)21-12)23-10-5-3-4-8-14(23)17-13(19)7-6-9-15(17)24-2/h6-7,9,11,14H,3-5,8,10H2,1-2H3,(H2,20,21,22). The number of ether oxygens (including phenoxy) is 1. The van der Waals surface area contributed by atoms with Gasteiger partial charge >= 0.3 is 0 Å². The Morgan fingerprint density at radius 1 is 1.25 bits per heavy atom. The first-order chi connectivity index (χ1) is 11.6. The summed E-state index contributed by atoms with van der Waals surface area (Å²) in [7, 11) is 1.58. The van der Waals surface area contributed by atoms with Gasteiger partial charge in [-0.15, -0.1) is 0 Å². The number of halogens is 1. The molecule has 1 aliphatic heterocycles. The number of benzene rings is 1. The van der Waals surface area contributed by atoms with Crippen LogP contribution in [0.15, 0.2) is 24.3 Å². The van der Waals surface area contributed by atoms with Crippen molar-refractivity contribution in [1.29, 1.82) is 0 Å². The number of nitrogens with two attached hydrogens (primary N) is 1. The summed E-state index contributed by atoms with van der Waals surface area (Å²) in [6.45, 7) is 2.69. The fraction of sp³-hybridized carbons (Fsp3) is 0.444. The van der Waals surface area contributed by atoms with E-state index in [0.29, 0.717) is 11.3 Å². The van der Waals surface area contributed by atoms with Crippen molar-refractivity contribution < 1.29 is 9.13 Å². The number of hydrogen-bond donors (Lipinski definition) is 1. The number of methoxy groups -OCH3 is 1. The Morgan fingerprint density at radius 3 is 2.83 bits per heavy atom. The monoisotopic (exact) mass is 330 g/mol. The topological polar surface area (TPSA) is 64.3 Å². The van der Waals surface area contributed by atoms with Crippen molar-refractivity contribution in [3.05, 3.63) is 41.3 Å². The minimum Gasteiger partial charge on any atom is -0.496 e. The molecule has 0 saturated carbocycles. The van der Waals surface area contributed by atoms with Crippen LogP contribution in [0.4, 0.5) is 16.2 Å². The number of nitrogens with zero attached hydrogens (tertiary/aromatic N) is 3. The summed E-state index contributed by atoms with van der Waals surface area (Å²) < 4.78 is 20.1. The summed E-state index contributed by atoms with van der Waals surface area (Å²) in [6, 6.07) is 6.74. The Bertz CT molecular complexity index is 702. The second kappa shape index (κ2) is 7.03. The molecule has 0 amide bonds. The Labute approximate surface area is 141 Å². The number of rotatable bonds is 3. The van der Waals surface area contributed by atoms with Crippen molar-refractivity contribution in [3.8, 4) is 5.75 Å². The lowest BCUT2D eigenvalue weighted by molar-refractivity contribution is 0.395. The van der Waals surface area contributed by atoms with Crippen molar-refractivity contribution >= 4 is 11.8 Å². The first-order valence-electron chi connectivity index (χ1n) is 8.30. The maximum absolute atomic E-state index is 14.6. The largest absolute Gasteiger partial charge is 0.496 e. The normalized spacial score (nSPS) is 18.3. The summed E-state index contributed by atoms with van der Waals surface area (Å²) >= 11 is 0. The molecule has 0 spiro atoms. The van der Waals surface area contributed by atoms with Crippen LogP contribution in [-0.4, -0.2) is 23.6 Å². The summed E-state index contributed by atoms with van der Waals surface area (Å²) in [4.78, 5) is 10.7. The van der Waals surface area contributed by atoms with Gasteiger partial charge in [0.05, 0.1) is 18.7 Å². The lowest BCUT2D eigenvalue weighted by Gasteiger charge is -2.32. The van der Waals surface area contributed by atoms with Gasteiger partial charge < -0.3 is 15.4 Å². The number of anilines is 2. The quantitative estimate of drug-likeness (QED) is 0.931. The van der Waals surface area contributed by atoms with E-state index in [4.69, 9.17) is 10.5 Å². The maximum atomic E-state index is 14.6. The smallest absolute Gasteiger partial charge is 0.222 e. The van der Waals surface area contributed by atoms with Gasteiger partial charge in [-0.05, 0) is 31.9 Å². The van der Waals surface area contributed by atoms with Gasteiger partial charge in [0.1, 0.15) is 17.4 Å². The first kappa shape index (κ1) is 16.5. The van der Waals surface area contributed by atoms with Crippen molar-refractivity contribution in [2.75, 3.05) is 24.3 Å². The lowest BCUT2D eigenvalue weighted by atomic mass is 9.99. The molecule has 2 aromatic rings. The fourth-order valence-corrected chi connectivity index (χ4v) is 3.42. The third kappa shape index (κ3) is 3.27. The van der Waals surface area contributed by atoms with Crippen LogP contribution in [0.3, 0.4) is 0 Å². The molecule has 1 atom stereocenters. The molecule has 1 saturated heterocycles. The lowest BCUT2D eigenvalue weighted by Crippen LogP contribution is -2.30. The molecule has 24 heavy (non-hydrogen) atoms. The van der Waals surface area contributed by atoms with Crippen LogP contribution in [0, 0.1) is 12.7 Å². The zero-order valence-electron chi connectivity index (χ0n) is 14.1. The van der Waals surface area contributed by atoms with Gasteiger partial charge in [-0.25, -0.2) is 9.37 Å². The Kier molecular flexibility index (Phi) is 4.83. The molecule has 1 aromatic carbocycles. The van der Waals surface area contributed by atoms with Crippen LogP contribution in [0.1, 0.15) is 43.0 Å². The van der Waals surface area contributed by atoms with Gasteiger partial charge in [0, 0.05) is 18.3 Å². The van der Waals surface area contributed by atoms with E-state index >= 15 is 0 Å². The van der Waals surface area contributed by atoms with Gasteiger partial charge in [-0.2, -0.15) is 4.98 Å². The molecule has 1 fully saturated rings. The summed E-state index contributed by atoms with van der Waals surface area (Å²) in [5, 5.41) is 0. The predicted molar refractivity (Wildman–Crippen MR) is 92.7 cm³/mol. The zero-order valence-corrected chi connectivity index (χ0v) is 14.1. The molecule has 1 aliphatic rings. The zero-order chi connectivity index (χ0) is 17.1. The van der Waals surface area contributed by atoms with Crippen LogP contribution >= 0.6 is 0 Å². The van der Waals surface area contributed by atoms with Gasteiger partial charge in [-0.3, -0.25) is 0 Å². The van der Waals surface area contributed by atoms with E-state index in [0.717, 1.165) is 43.7 Å². The molecule has 0 aliphatic carbocycles. The highest BCUT2D eigenvalue weighted by Gasteiger charge is 2.29. The molecule has 1 unspecified atom stereocenters. The van der Waals surface area contributed by atoms with Gasteiger partial charge in [0.15, 0.2) is 0 Å². The number of hydrogen-bond acceptors (Lipinski definition) is 5. The first-order valence-corrected chi connectivity index (χ1v) is 8.30. The second-order valence-electron chi connectivity index (χ2n) is 6.14. The van der Waals surface area contributed by atoms with Crippen molar-refractivity contribution in [2.45, 2.75) is 38.6 Å². The molecule has 1 aromatic heterocycles. The van der Waals surface area contributed by atoms with E-state index in [1.54, 1.807) is 19.2 Å². The molecule has 128 valence electrons. The molecule has 0 radical (unpaired) electrons. The van der Waals surface area contributed by atoms with E-state index in [1.807, 2.05) is 13.0 Å². The van der Waals surface area contributed by atoms with Crippen molar-refractivity contribution in [3.63, 3.8) is 0 Å². The van der Waals surface area contributed by atoms with Crippen LogP contribution in [0.5, 0.6) is 5.75 Å². The van der Waals surface area contributed by atoms with E-state index < -0.39 is 0 Å². The molecule has 2 N–H and O–H groups in total. The SMILES string of the molecule is COc1cccc(F)c1C1CCCCCN1c1cc(C)nc(N)n1. The fourth-order valence-electron chi connectivity index (χ4n) is 3.42. The number of nitrogen functional groups attached to an aromatic ring is 1. The third-order valence-corrected chi connectivity index (χ3v) is 4.47. The number of aromatic nitrogens is 2. The Balaban J connectivity index is 2.09. The van der Waals surface area contributed by atoms with Gasteiger partial charge in [0.25, 0.3) is 0 Å². The highest BCUT2D eigenvalue weighted by Crippen LogP contribution is 2.39. The molecule has 0 bridgehead atoms. The molecule has 5 nitrogen and oxygen atoms in total. The van der Waals surface area contributed by atoms with Crippen LogP contribution in [-0.2, 0) is 0 Å². The Morgan fingerprint density at radius 2 is 2.08 bits per heavy atom. The second-order valence-corrected chi connectivity index (χ2v) is 6.14. The van der Waals surface area contributed by atoms with Crippen LogP contribution in [0.2, 0.25) is 0 Å². The van der Waals surface area contributed by atoms with Gasteiger partial charge in [-0.1, -0.05) is 18.9 Å². The van der Waals surface area contributed by atoms with E-state index in [2.05, 4.69) is 14.9 Å². The van der Waals surface area contributed by atoms with Crippen molar-refractivity contribution in [1.82, 2.24) is 9.97 Å². The molecular formula is C18H23FN4O. The predicted octanol–water partition coefficient (Wildman–Crippen LogP) is 3.64. The summed E-state index contributed by atoms with van der Waals surface area (Å²) in [6.07, 6.45) is 4.04. The van der Waals surface area contributed by atoms with E-state index in [9.17, 15) is 4.39 Å². The maximum Gasteiger partial charge on any atom is 0.222 e. The third-order valence-electron chi connectivity index (χ3n) is 4.47. The summed E-state index contributed by atoms with van der Waals surface area (Å²) in [5.41, 5.74) is 7.23. The van der Waals surface area contributed by atoms with E-state index in [1.165, 1.54) is 6.07 Å².